The first-order chi connectivity index (χ1) is 11.6. The number of carbonyl (C=O) groups is 1. The first kappa shape index (κ1) is 19.4. The Morgan fingerprint density at radius 2 is 2.04 bits per heavy atom. The Labute approximate surface area is 153 Å². The van der Waals surface area contributed by atoms with Crippen molar-refractivity contribution in [1.29, 1.82) is 0 Å². The van der Waals surface area contributed by atoms with Crippen molar-refractivity contribution in [2.75, 3.05) is 6.54 Å². The van der Waals surface area contributed by atoms with Gasteiger partial charge < -0.3 is 11.1 Å². The molecule has 0 saturated heterocycles. The smallest absolute Gasteiger partial charge is 0.223 e. The quantitative estimate of drug-likeness (QED) is 0.854. The van der Waals surface area contributed by atoms with Crippen LogP contribution in [0.3, 0.4) is 0 Å². The van der Waals surface area contributed by atoms with Gasteiger partial charge in [-0.1, -0.05) is 6.42 Å². The number of nitrogens with one attached hydrogen (secondary N) is 1. The first-order valence-electron chi connectivity index (χ1n) is 8.45. The van der Waals surface area contributed by atoms with Crippen molar-refractivity contribution in [3.63, 3.8) is 0 Å². The fraction of sp³-hybridized carbons (Fsp3) is 0.444. The van der Waals surface area contributed by atoms with Crippen molar-refractivity contribution < 1.29 is 9.18 Å². The number of nitrogens with zero attached hydrogens (tertiary/aromatic N) is 2. The van der Waals surface area contributed by atoms with Crippen LogP contribution in [0.5, 0.6) is 0 Å². The number of hydrogen-bond acceptors (Lipinski definition) is 3. The number of nitrogens with two attached hydrogens (primary N) is 1. The number of aromatic nitrogens is 2. The van der Waals surface area contributed by atoms with Crippen molar-refractivity contribution in [2.45, 2.75) is 38.1 Å². The van der Waals surface area contributed by atoms with E-state index in [1.807, 2.05) is 12.3 Å². The zero-order valence-corrected chi connectivity index (χ0v) is 14.8. The van der Waals surface area contributed by atoms with Gasteiger partial charge in [0.2, 0.25) is 5.91 Å². The molecule has 0 aliphatic heterocycles. The molecular weight excluding hydrogens is 343 g/mol. The molecular formula is C18H24ClFN4O. The molecule has 3 N–H and O–H groups in total. The van der Waals surface area contributed by atoms with E-state index in [4.69, 9.17) is 5.73 Å². The lowest BCUT2D eigenvalue weighted by molar-refractivity contribution is -0.126. The predicted octanol–water partition coefficient (Wildman–Crippen LogP) is 2.61. The van der Waals surface area contributed by atoms with Gasteiger partial charge in [-0.25, -0.2) is 9.07 Å². The van der Waals surface area contributed by atoms with Crippen molar-refractivity contribution in [1.82, 2.24) is 15.1 Å². The van der Waals surface area contributed by atoms with E-state index in [9.17, 15) is 9.18 Å². The lowest BCUT2D eigenvalue weighted by Crippen LogP contribution is -2.38. The van der Waals surface area contributed by atoms with Crippen molar-refractivity contribution >= 4 is 18.3 Å². The lowest BCUT2D eigenvalue weighted by atomic mass is 9.85. The average molecular weight is 367 g/mol. The normalized spacial score (nSPS) is 19.9. The molecule has 1 heterocycles. The molecule has 2 unspecified atom stereocenters. The summed E-state index contributed by atoms with van der Waals surface area (Å²) in [5.41, 5.74) is 7.63. The Bertz CT molecular complexity index is 689. The zero-order valence-electron chi connectivity index (χ0n) is 14.0. The van der Waals surface area contributed by atoms with Gasteiger partial charge in [-0.3, -0.25) is 4.79 Å². The highest BCUT2D eigenvalue weighted by Crippen LogP contribution is 2.23. The standard InChI is InChI=1S/C18H23FN4O.ClH/c19-14-4-6-17(7-5-14)23-11-9-16(22-23)8-10-21-18(24)13-2-1-3-15(20)12-13;/h4-7,9,11,13,15H,1-3,8,10,12,20H2,(H,21,24);1H. The second-order valence-electron chi connectivity index (χ2n) is 6.39. The minimum absolute atomic E-state index is 0. The highest BCUT2D eigenvalue weighted by atomic mass is 35.5. The summed E-state index contributed by atoms with van der Waals surface area (Å²) in [4.78, 5) is 12.2. The zero-order chi connectivity index (χ0) is 16.9. The number of carbonyl (C=O) groups excluding carboxylic acids is 1. The molecule has 1 amide bonds. The van der Waals surface area contributed by atoms with Gasteiger partial charge in [-0.05, 0) is 49.6 Å². The van der Waals surface area contributed by atoms with Gasteiger partial charge in [0.05, 0.1) is 11.4 Å². The van der Waals surface area contributed by atoms with Crippen molar-refractivity contribution in [3.05, 3.63) is 48.0 Å². The number of halogens is 2. The molecule has 1 aromatic heterocycles. The van der Waals surface area contributed by atoms with Crippen LogP contribution in [0.1, 0.15) is 31.4 Å². The van der Waals surface area contributed by atoms with Crippen LogP contribution in [0, 0.1) is 11.7 Å². The fourth-order valence-electron chi connectivity index (χ4n) is 3.16. The molecule has 1 aliphatic rings. The topological polar surface area (TPSA) is 72.9 Å². The summed E-state index contributed by atoms with van der Waals surface area (Å²) in [7, 11) is 0. The van der Waals surface area contributed by atoms with Gasteiger partial charge in [-0.15, -0.1) is 12.4 Å². The van der Waals surface area contributed by atoms with E-state index < -0.39 is 0 Å². The van der Waals surface area contributed by atoms with Crippen LogP contribution in [0.4, 0.5) is 4.39 Å². The SMILES string of the molecule is Cl.NC1CCCC(C(=O)NCCc2ccn(-c3ccc(F)cc3)n2)C1. The molecule has 0 spiro atoms. The summed E-state index contributed by atoms with van der Waals surface area (Å²) in [5.74, 6) is -0.120. The molecule has 7 heteroatoms. The summed E-state index contributed by atoms with van der Waals surface area (Å²) >= 11 is 0. The summed E-state index contributed by atoms with van der Waals surface area (Å²) in [6.07, 6.45) is 6.26. The molecule has 136 valence electrons. The van der Waals surface area contributed by atoms with E-state index in [2.05, 4.69) is 10.4 Å². The van der Waals surface area contributed by atoms with Gasteiger partial charge in [0, 0.05) is 31.1 Å². The Hall–Kier alpha value is -1.92. The maximum Gasteiger partial charge on any atom is 0.223 e. The van der Waals surface area contributed by atoms with E-state index in [1.165, 1.54) is 12.1 Å². The maximum absolute atomic E-state index is 12.9. The van der Waals surface area contributed by atoms with Gasteiger partial charge in [0.15, 0.2) is 0 Å². The molecule has 1 fully saturated rings. The molecule has 0 bridgehead atoms. The van der Waals surface area contributed by atoms with Crippen LogP contribution in [0.2, 0.25) is 0 Å². The van der Waals surface area contributed by atoms with E-state index in [0.29, 0.717) is 13.0 Å². The molecule has 1 saturated carbocycles. The van der Waals surface area contributed by atoms with E-state index in [0.717, 1.165) is 37.1 Å². The lowest BCUT2D eigenvalue weighted by Gasteiger charge is -2.25. The molecule has 3 rings (SSSR count). The van der Waals surface area contributed by atoms with E-state index in [1.54, 1.807) is 16.8 Å². The Morgan fingerprint density at radius 3 is 2.76 bits per heavy atom. The van der Waals surface area contributed by atoms with Crippen LogP contribution in [0.15, 0.2) is 36.5 Å². The van der Waals surface area contributed by atoms with Crippen molar-refractivity contribution in [3.8, 4) is 5.69 Å². The van der Waals surface area contributed by atoms with Crippen LogP contribution < -0.4 is 11.1 Å². The van der Waals surface area contributed by atoms with Gasteiger partial charge >= 0.3 is 0 Å². The molecule has 5 nitrogen and oxygen atoms in total. The number of benzene rings is 1. The third kappa shape index (κ3) is 5.28. The number of rotatable bonds is 5. The Balaban J connectivity index is 0.00000225. The molecule has 2 atom stereocenters. The van der Waals surface area contributed by atoms with Gasteiger partial charge in [0.25, 0.3) is 0 Å². The second kappa shape index (κ2) is 8.97. The summed E-state index contributed by atoms with van der Waals surface area (Å²) < 4.78 is 14.7. The Kier molecular flexibility index (Phi) is 6.96. The minimum atomic E-state index is -0.267. The van der Waals surface area contributed by atoms with Crippen LogP contribution in [-0.2, 0) is 11.2 Å². The minimum Gasteiger partial charge on any atom is -0.355 e. The molecule has 1 aliphatic carbocycles. The summed E-state index contributed by atoms with van der Waals surface area (Å²) in [6.45, 7) is 0.561. The van der Waals surface area contributed by atoms with Gasteiger partial charge in [0.1, 0.15) is 5.82 Å². The first-order valence-corrected chi connectivity index (χ1v) is 8.45. The summed E-state index contributed by atoms with van der Waals surface area (Å²) in [5, 5.41) is 7.44. The molecule has 0 radical (unpaired) electrons. The largest absolute Gasteiger partial charge is 0.355 e. The molecule has 2 aromatic rings. The van der Waals surface area contributed by atoms with Gasteiger partial charge in [-0.2, -0.15) is 5.10 Å². The fourth-order valence-corrected chi connectivity index (χ4v) is 3.16. The second-order valence-corrected chi connectivity index (χ2v) is 6.39. The van der Waals surface area contributed by atoms with Crippen molar-refractivity contribution in [2.24, 2.45) is 11.7 Å². The number of amides is 1. The van der Waals surface area contributed by atoms with E-state index >= 15 is 0 Å². The Morgan fingerprint density at radius 1 is 1.28 bits per heavy atom. The van der Waals surface area contributed by atoms with Crippen LogP contribution in [0.25, 0.3) is 5.69 Å². The monoisotopic (exact) mass is 366 g/mol. The highest BCUT2D eigenvalue weighted by Gasteiger charge is 2.24. The van der Waals surface area contributed by atoms with E-state index in [-0.39, 0.29) is 36.1 Å². The molecule has 1 aromatic carbocycles. The third-order valence-corrected chi connectivity index (χ3v) is 4.50. The van der Waals surface area contributed by atoms with Crippen LogP contribution >= 0.6 is 12.4 Å². The number of hydrogen-bond donors (Lipinski definition) is 2. The third-order valence-electron chi connectivity index (χ3n) is 4.50. The highest BCUT2D eigenvalue weighted by molar-refractivity contribution is 5.85. The average Bonchev–Trinajstić information content (AvgIpc) is 3.04. The van der Waals surface area contributed by atoms with Crippen LogP contribution in [-0.4, -0.2) is 28.3 Å². The predicted molar refractivity (Wildman–Crippen MR) is 97.4 cm³/mol. The molecule has 25 heavy (non-hydrogen) atoms. The maximum atomic E-state index is 12.9. The summed E-state index contributed by atoms with van der Waals surface area (Å²) in [6, 6.07) is 8.24.